The molecule has 0 saturated carbocycles. The fourth-order valence-corrected chi connectivity index (χ4v) is 2.72. The van der Waals surface area contributed by atoms with Gasteiger partial charge in [-0.15, -0.1) is 0 Å². The highest BCUT2D eigenvalue weighted by molar-refractivity contribution is 5.76. The lowest BCUT2D eigenvalue weighted by atomic mass is 10.0. The first kappa shape index (κ1) is 15.6. The molecule has 2 N–H and O–H groups in total. The number of ether oxygens (including phenoxy) is 1. The van der Waals surface area contributed by atoms with Crippen molar-refractivity contribution in [2.24, 2.45) is 0 Å². The lowest BCUT2D eigenvalue weighted by Crippen LogP contribution is -2.35. The van der Waals surface area contributed by atoms with Crippen molar-refractivity contribution in [3.63, 3.8) is 0 Å². The molecule has 1 atom stereocenters. The summed E-state index contributed by atoms with van der Waals surface area (Å²) in [6, 6.07) is 9.84. The number of hydrogen-bond acceptors (Lipinski definition) is 5. The molecule has 1 amide bonds. The van der Waals surface area contributed by atoms with Gasteiger partial charge >= 0.3 is 0 Å². The van der Waals surface area contributed by atoms with Crippen molar-refractivity contribution in [2.75, 3.05) is 19.7 Å². The first-order chi connectivity index (χ1) is 11.2. The van der Waals surface area contributed by atoms with E-state index in [4.69, 9.17) is 4.74 Å². The number of likely N-dealkylation sites (tertiary alicyclic amines) is 1. The van der Waals surface area contributed by atoms with Crippen LogP contribution in [0.2, 0.25) is 0 Å². The van der Waals surface area contributed by atoms with Gasteiger partial charge < -0.3 is 14.7 Å². The quantitative estimate of drug-likeness (QED) is 0.770. The van der Waals surface area contributed by atoms with Crippen LogP contribution in [0.1, 0.15) is 24.1 Å². The molecule has 23 heavy (non-hydrogen) atoms. The van der Waals surface area contributed by atoms with Gasteiger partial charge in [0.2, 0.25) is 5.91 Å². The summed E-state index contributed by atoms with van der Waals surface area (Å²) < 4.78 is 5.54. The fourth-order valence-electron chi connectivity index (χ4n) is 2.72. The molecule has 0 radical (unpaired) electrons. The molecule has 1 fully saturated rings. The minimum atomic E-state index is -1.10. The summed E-state index contributed by atoms with van der Waals surface area (Å²) in [5.74, 6) is -0.0162. The van der Waals surface area contributed by atoms with Gasteiger partial charge in [-0.1, -0.05) is 30.3 Å². The number of aromatic amines is 1. The van der Waals surface area contributed by atoms with Gasteiger partial charge in [0.1, 0.15) is 11.3 Å². The second-order valence-electron chi connectivity index (χ2n) is 5.74. The number of β-amino-alcohol motifs (C(OH)–C–C–N with tert-alkyl or cyclic N) is 1. The third-order valence-corrected chi connectivity index (χ3v) is 4.06. The van der Waals surface area contributed by atoms with E-state index >= 15 is 0 Å². The molecule has 1 aromatic heterocycles. The molecular formula is C16H20N4O3. The Morgan fingerprint density at radius 3 is 2.96 bits per heavy atom. The molecule has 3 rings (SSSR count). The maximum Gasteiger partial charge on any atom is 0.225 e. The lowest BCUT2D eigenvalue weighted by molar-refractivity contribution is -0.132. The number of H-pyrrole nitrogens is 1. The predicted octanol–water partition coefficient (Wildman–Crippen LogP) is 0.832. The first-order valence-corrected chi connectivity index (χ1v) is 7.65. The van der Waals surface area contributed by atoms with Crippen LogP contribution in [-0.2, 0) is 21.7 Å². The second-order valence-corrected chi connectivity index (χ2v) is 5.74. The van der Waals surface area contributed by atoms with E-state index < -0.39 is 5.60 Å². The molecule has 1 aromatic carbocycles. The molecule has 1 aliphatic rings. The zero-order valence-corrected chi connectivity index (χ0v) is 12.8. The van der Waals surface area contributed by atoms with Crippen molar-refractivity contribution >= 4 is 5.91 Å². The Balaban J connectivity index is 1.43. The average Bonchev–Trinajstić information content (AvgIpc) is 3.23. The number of rotatable bonds is 6. The summed E-state index contributed by atoms with van der Waals surface area (Å²) in [7, 11) is 0. The summed E-state index contributed by atoms with van der Waals surface area (Å²) in [4.78, 5) is 13.9. The van der Waals surface area contributed by atoms with Crippen LogP contribution in [0.3, 0.4) is 0 Å². The van der Waals surface area contributed by atoms with Crippen LogP contribution in [-0.4, -0.2) is 51.0 Å². The van der Waals surface area contributed by atoms with Crippen molar-refractivity contribution < 1.29 is 14.6 Å². The Labute approximate surface area is 134 Å². The van der Waals surface area contributed by atoms with Crippen LogP contribution in [0.15, 0.2) is 36.5 Å². The maximum atomic E-state index is 12.2. The van der Waals surface area contributed by atoms with Crippen LogP contribution in [0.5, 0.6) is 0 Å². The van der Waals surface area contributed by atoms with E-state index in [1.807, 2.05) is 30.3 Å². The Hall–Kier alpha value is -2.25. The van der Waals surface area contributed by atoms with Crippen LogP contribution < -0.4 is 0 Å². The molecule has 0 spiro atoms. The molecule has 2 heterocycles. The highest BCUT2D eigenvalue weighted by Gasteiger charge is 2.41. The zero-order chi connectivity index (χ0) is 16.1. The lowest BCUT2D eigenvalue weighted by Gasteiger charge is -2.21. The zero-order valence-electron chi connectivity index (χ0n) is 12.8. The van der Waals surface area contributed by atoms with E-state index in [2.05, 4.69) is 15.4 Å². The van der Waals surface area contributed by atoms with E-state index in [0.29, 0.717) is 38.3 Å². The predicted molar refractivity (Wildman–Crippen MR) is 82.2 cm³/mol. The maximum absolute atomic E-state index is 12.2. The molecule has 0 aliphatic carbocycles. The van der Waals surface area contributed by atoms with Crippen molar-refractivity contribution in [3.05, 3.63) is 47.8 Å². The largest absolute Gasteiger partial charge is 0.381 e. The number of carbonyl (C=O) groups excluding carboxylic acids is 1. The molecule has 1 aliphatic heterocycles. The van der Waals surface area contributed by atoms with Gasteiger partial charge in [0.15, 0.2) is 0 Å². The van der Waals surface area contributed by atoms with Crippen LogP contribution in [0.4, 0.5) is 0 Å². The van der Waals surface area contributed by atoms with Gasteiger partial charge in [-0.25, -0.2) is 0 Å². The topological polar surface area (TPSA) is 91.3 Å². The van der Waals surface area contributed by atoms with Crippen molar-refractivity contribution in [2.45, 2.75) is 25.0 Å². The first-order valence-electron chi connectivity index (χ1n) is 7.65. The Morgan fingerprint density at radius 2 is 2.22 bits per heavy atom. The molecule has 7 heteroatoms. The van der Waals surface area contributed by atoms with Crippen molar-refractivity contribution in [3.8, 4) is 0 Å². The summed E-state index contributed by atoms with van der Waals surface area (Å²) >= 11 is 0. The Bertz CT molecular complexity index is 632. The van der Waals surface area contributed by atoms with Gasteiger partial charge in [0.25, 0.3) is 0 Å². The number of carbonyl (C=O) groups is 1. The van der Waals surface area contributed by atoms with Gasteiger partial charge in [-0.3, -0.25) is 4.79 Å². The highest BCUT2D eigenvalue weighted by Crippen LogP contribution is 2.30. The molecule has 1 saturated heterocycles. The minimum absolute atomic E-state index is 0.0162. The molecule has 2 aromatic rings. The number of nitrogens with zero attached hydrogens (tertiary/aromatic N) is 3. The van der Waals surface area contributed by atoms with E-state index in [9.17, 15) is 9.90 Å². The van der Waals surface area contributed by atoms with Gasteiger partial charge in [0, 0.05) is 13.0 Å². The average molecular weight is 316 g/mol. The third kappa shape index (κ3) is 3.75. The number of nitrogens with one attached hydrogen (secondary N) is 1. The van der Waals surface area contributed by atoms with E-state index in [-0.39, 0.29) is 12.5 Å². The van der Waals surface area contributed by atoms with Crippen molar-refractivity contribution in [1.82, 2.24) is 20.3 Å². The molecule has 0 bridgehead atoms. The fraction of sp³-hybridized carbons (Fsp3) is 0.438. The van der Waals surface area contributed by atoms with Gasteiger partial charge in [-0.05, 0) is 5.56 Å². The number of benzene rings is 1. The van der Waals surface area contributed by atoms with Crippen LogP contribution in [0.25, 0.3) is 0 Å². The van der Waals surface area contributed by atoms with Crippen molar-refractivity contribution in [1.29, 1.82) is 0 Å². The molecule has 0 unspecified atom stereocenters. The summed E-state index contributed by atoms with van der Waals surface area (Å²) in [6.45, 7) is 1.63. The smallest absolute Gasteiger partial charge is 0.225 e. The van der Waals surface area contributed by atoms with E-state index in [1.54, 1.807) is 4.90 Å². The summed E-state index contributed by atoms with van der Waals surface area (Å²) in [5.41, 5.74) is 0.461. The van der Waals surface area contributed by atoms with Gasteiger partial charge in [-0.2, -0.15) is 15.4 Å². The number of aromatic nitrogens is 3. The monoisotopic (exact) mass is 316 g/mol. The SMILES string of the molecule is O=C(CCOCc1ccccc1)N1CC[C@](O)(c2cn[nH]n2)C1. The summed E-state index contributed by atoms with van der Waals surface area (Å²) in [5, 5.41) is 20.7. The molecule has 7 nitrogen and oxygen atoms in total. The summed E-state index contributed by atoms with van der Waals surface area (Å²) in [6.07, 6.45) is 2.27. The number of aliphatic hydroxyl groups is 1. The van der Waals surface area contributed by atoms with Crippen LogP contribution in [0, 0.1) is 0 Å². The second kappa shape index (κ2) is 6.89. The van der Waals surface area contributed by atoms with E-state index in [1.165, 1.54) is 6.20 Å². The normalized spacial score (nSPS) is 20.8. The Morgan fingerprint density at radius 1 is 1.39 bits per heavy atom. The third-order valence-electron chi connectivity index (χ3n) is 4.06. The Kier molecular flexibility index (Phi) is 4.68. The highest BCUT2D eigenvalue weighted by atomic mass is 16.5. The van der Waals surface area contributed by atoms with Gasteiger partial charge in [0.05, 0.1) is 32.4 Å². The molecule has 122 valence electrons. The van der Waals surface area contributed by atoms with Crippen LogP contribution >= 0.6 is 0 Å². The number of amides is 1. The standard InChI is InChI=1S/C16H20N4O3/c21-15(6-9-23-11-13-4-2-1-3-5-13)20-8-7-16(22,12-20)14-10-17-19-18-14/h1-5,10,22H,6-9,11-12H2,(H,17,18,19)/t16-/m1/s1. The van der Waals surface area contributed by atoms with E-state index in [0.717, 1.165) is 5.56 Å². The number of hydrogen-bond donors (Lipinski definition) is 2. The molecular weight excluding hydrogens is 296 g/mol. The minimum Gasteiger partial charge on any atom is -0.381 e.